The van der Waals surface area contributed by atoms with Crippen LogP contribution >= 0.6 is 11.2 Å². The van der Waals surface area contributed by atoms with Crippen molar-refractivity contribution in [1.29, 1.82) is 0 Å². The van der Waals surface area contributed by atoms with Gasteiger partial charge >= 0.3 is 0 Å². The molecular formula is C10H21N3SSi2. The summed E-state index contributed by atoms with van der Waals surface area (Å²) in [5, 5.41) is 0.905. The molecule has 1 aromatic rings. The molecule has 6 heteroatoms. The van der Waals surface area contributed by atoms with Crippen molar-refractivity contribution in [2.24, 2.45) is 0 Å². The second-order valence-electron chi connectivity index (χ2n) is 5.81. The van der Waals surface area contributed by atoms with E-state index in [4.69, 9.17) is 0 Å². The lowest BCUT2D eigenvalue weighted by atomic mass is 10.6. The average Bonchev–Trinajstić information content (AvgIpc) is 1.96. The van der Waals surface area contributed by atoms with E-state index in [1.54, 1.807) is 0 Å². The molecular weight excluding hydrogens is 250 g/mol. The van der Waals surface area contributed by atoms with Crippen LogP contribution in [0.5, 0.6) is 0 Å². The maximum absolute atomic E-state index is 4.55. The third-order valence-electron chi connectivity index (χ3n) is 1.53. The molecule has 0 saturated heterocycles. The molecule has 0 saturated carbocycles. The molecule has 0 amide bonds. The van der Waals surface area contributed by atoms with Gasteiger partial charge in [-0.3, -0.25) is 0 Å². The summed E-state index contributed by atoms with van der Waals surface area (Å²) in [4.78, 5) is 12.4. The molecule has 0 bridgehead atoms. The van der Waals surface area contributed by atoms with Crippen LogP contribution < -0.4 is 4.98 Å². The van der Waals surface area contributed by atoms with Crippen LogP contribution in [0.2, 0.25) is 39.3 Å². The lowest BCUT2D eigenvalue weighted by Crippen LogP contribution is -2.32. The number of aromatic nitrogens is 2. The van der Waals surface area contributed by atoms with Crippen molar-refractivity contribution in [2.75, 3.05) is 4.98 Å². The van der Waals surface area contributed by atoms with Crippen LogP contribution in [0, 0.1) is 0 Å². The summed E-state index contributed by atoms with van der Waals surface area (Å²) < 4.78 is 0. The Morgan fingerprint density at radius 1 is 1.12 bits per heavy atom. The predicted octanol–water partition coefficient (Wildman–Crippen LogP) is 3.65. The second-order valence-corrected chi connectivity index (χ2v) is 19.6. The Morgan fingerprint density at radius 2 is 1.75 bits per heavy atom. The zero-order valence-corrected chi connectivity index (χ0v) is 13.8. The van der Waals surface area contributed by atoms with Crippen molar-refractivity contribution in [3.63, 3.8) is 0 Å². The molecule has 90 valence electrons. The number of rotatable bonds is 4. The first-order valence-corrected chi connectivity index (χ1v) is 14.0. The van der Waals surface area contributed by atoms with E-state index in [-0.39, 0.29) is 0 Å². The quantitative estimate of drug-likeness (QED) is 0.670. The van der Waals surface area contributed by atoms with Crippen LogP contribution in [0.1, 0.15) is 0 Å². The van der Waals surface area contributed by atoms with E-state index in [0.29, 0.717) is 0 Å². The number of nitrogens with one attached hydrogen (secondary N) is 1. The normalized spacial score (nSPS) is 12.6. The van der Waals surface area contributed by atoms with Crippen LogP contribution in [0.4, 0.5) is 5.82 Å². The van der Waals surface area contributed by atoms with Crippen LogP contribution in [0.15, 0.2) is 17.4 Å². The smallest absolute Gasteiger partial charge is 0.183 e. The van der Waals surface area contributed by atoms with Crippen LogP contribution in [-0.2, 0) is 0 Å². The number of hydrogen-bond donors (Lipinski definition) is 1. The zero-order chi connectivity index (χ0) is 12.4. The van der Waals surface area contributed by atoms with E-state index in [0.717, 1.165) is 11.0 Å². The molecule has 0 aliphatic carbocycles. The largest absolute Gasteiger partial charge is 0.396 e. The fraction of sp³-hybridized carbons (Fsp3) is 0.600. The molecule has 1 heterocycles. The third-order valence-corrected chi connectivity index (χ3v) is 5.92. The van der Waals surface area contributed by atoms with Gasteiger partial charge in [-0.25, -0.2) is 9.97 Å². The van der Waals surface area contributed by atoms with Gasteiger partial charge in [0.1, 0.15) is 21.3 Å². The van der Waals surface area contributed by atoms with Gasteiger partial charge in [0.2, 0.25) is 0 Å². The van der Waals surface area contributed by atoms with Crippen molar-refractivity contribution in [3.8, 4) is 0 Å². The molecule has 0 unspecified atom stereocenters. The Labute approximate surface area is 104 Å². The maximum Gasteiger partial charge on any atom is 0.183 e. The molecule has 0 atom stereocenters. The van der Waals surface area contributed by atoms with Gasteiger partial charge in [0.25, 0.3) is 0 Å². The van der Waals surface area contributed by atoms with E-state index in [1.165, 1.54) is 0 Å². The average molecular weight is 272 g/mol. The van der Waals surface area contributed by atoms with Gasteiger partial charge in [-0.2, -0.15) is 0 Å². The van der Waals surface area contributed by atoms with E-state index < -0.39 is 15.5 Å². The Bertz CT molecular complexity index is 327. The first-order chi connectivity index (χ1) is 7.16. The molecule has 0 radical (unpaired) electrons. The third kappa shape index (κ3) is 5.67. The van der Waals surface area contributed by atoms with Gasteiger partial charge in [0.05, 0.1) is 0 Å². The monoisotopic (exact) mass is 271 g/mol. The number of anilines is 1. The molecule has 0 fully saturated rings. The standard InChI is InChI=1S/C10H21N3SSi2/c1-15(2,3)13-9-7-8-11-10(12-9)14-16(4,5)6/h7-8H,1-6H3,(H,11,12,13). The van der Waals surface area contributed by atoms with Gasteiger partial charge in [0, 0.05) is 6.20 Å². The van der Waals surface area contributed by atoms with Gasteiger partial charge in [-0.15, -0.1) is 11.2 Å². The summed E-state index contributed by atoms with van der Waals surface area (Å²) in [5.74, 6) is 0.968. The zero-order valence-electron chi connectivity index (χ0n) is 11.0. The van der Waals surface area contributed by atoms with Gasteiger partial charge < -0.3 is 4.98 Å². The highest BCUT2D eigenvalue weighted by atomic mass is 32.4. The lowest BCUT2D eigenvalue weighted by Gasteiger charge is -2.19. The molecule has 0 aliphatic heterocycles. The predicted molar refractivity (Wildman–Crippen MR) is 78.2 cm³/mol. The SMILES string of the molecule is C[Si](C)(C)Nc1ccnc(S[Si](C)(C)C)n1. The van der Waals surface area contributed by atoms with Crippen molar-refractivity contribution in [1.82, 2.24) is 9.97 Å². The Morgan fingerprint density at radius 3 is 2.25 bits per heavy atom. The number of hydrogen-bond acceptors (Lipinski definition) is 4. The first-order valence-electron chi connectivity index (χ1n) is 5.46. The van der Waals surface area contributed by atoms with Gasteiger partial charge in [-0.05, 0) is 6.07 Å². The van der Waals surface area contributed by atoms with E-state index >= 15 is 0 Å². The Kier molecular flexibility index (Phi) is 4.19. The summed E-state index contributed by atoms with van der Waals surface area (Å²) in [7, 11) is -2.52. The lowest BCUT2D eigenvalue weighted by molar-refractivity contribution is 0.979. The minimum atomic E-state index is -1.32. The summed E-state index contributed by atoms with van der Waals surface area (Å²) in [5.41, 5.74) is 0. The van der Waals surface area contributed by atoms with E-state index in [9.17, 15) is 0 Å². The highest BCUT2D eigenvalue weighted by Crippen LogP contribution is 2.26. The van der Waals surface area contributed by atoms with E-state index in [1.807, 2.05) is 23.5 Å². The molecule has 0 aliphatic rings. The maximum atomic E-state index is 4.55. The summed E-state index contributed by atoms with van der Waals surface area (Å²) in [6.07, 6.45) is 1.85. The van der Waals surface area contributed by atoms with Gasteiger partial charge in [-0.1, -0.05) is 39.3 Å². The fourth-order valence-electron chi connectivity index (χ4n) is 1.12. The summed E-state index contributed by atoms with van der Waals surface area (Å²) in [6, 6.07) is 1.95. The van der Waals surface area contributed by atoms with Crippen molar-refractivity contribution < 1.29 is 0 Å². The second kappa shape index (κ2) is 4.89. The van der Waals surface area contributed by atoms with Crippen molar-refractivity contribution in [2.45, 2.75) is 44.4 Å². The Hall–Kier alpha value is -0.336. The number of nitrogens with zero attached hydrogens (tertiary/aromatic N) is 2. The molecule has 1 rings (SSSR count). The summed E-state index contributed by atoms with van der Waals surface area (Å²) >= 11 is 1.83. The molecule has 0 aromatic carbocycles. The molecule has 16 heavy (non-hydrogen) atoms. The summed E-state index contributed by atoms with van der Waals surface area (Å²) in [6.45, 7) is 13.7. The van der Waals surface area contributed by atoms with Gasteiger partial charge in [0.15, 0.2) is 5.16 Å². The Balaban J connectivity index is 2.79. The van der Waals surface area contributed by atoms with Crippen molar-refractivity contribution in [3.05, 3.63) is 12.3 Å². The highest BCUT2D eigenvalue weighted by Gasteiger charge is 2.18. The van der Waals surface area contributed by atoms with Crippen LogP contribution in [0.3, 0.4) is 0 Å². The minimum absolute atomic E-state index is 0.905. The van der Waals surface area contributed by atoms with E-state index in [2.05, 4.69) is 54.2 Å². The topological polar surface area (TPSA) is 37.8 Å². The van der Waals surface area contributed by atoms with Crippen molar-refractivity contribution >= 4 is 32.5 Å². The molecule has 3 nitrogen and oxygen atoms in total. The molecule has 1 aromatic heterocycles. The van der Waals surface area contributed by atoms with Crippen LogP contribution in [0.25, 0.3) is 0 Å². The highest BCUT2D eigenvalue weighted by molar-refractivity contribution is 8.28. The fourth-order valence-corrected chi connectivity index (χ4v) is 4.77. The van der Waals surface area contributed by atoms with Crippen LogP contribution in [-0.4, -0.2) is 25.4 Å². The molecule has 0 spiro atoms. The molecule has 1 N–H and O–H groups in total. The first kappa shape index (κ1) is 13.7. The minimum Gasteiger partial charge on any atom is -0.396 e.